The summed E-state index contributed by atoms with van der Waals surface area (Å²) in [6.07, 6.45) is 3.72. The first-order valence-corrected chi connectivity index (χ1v) is 11.8. The SMILES string of the molecule is COC(=O)/C(C)=C/C=C(/C)CO[Si](c1ccccc1)(c1ccccc1)C(C)(C)C. The molecule has 0 amide bonds. The van der Waals surface area contributed by atoms with Crippen LogP contribution in [0.15, 0.2) is 84.0 Å². The van der Waals surface area contributed by atoms with Gasteiger partial charge in [0, 0.05) is 5.57 Å². The number of hydrogen-bond acceptors (Lipinski definition) is 3. The van der Waals surface area contributed by atoms with Crippen LogP contribution in [0, 0.1) is 0 Å². The maximum atomic E-state index is 11.6. The lowest BCUT2D eigenvalue weighted by molar-refractivity contribution is -0.136. The number of rotatable bonds is 7. The highest BCUT2D eigenvalue weighted by Gasteiger charge is 2.50. The third-order valence-corrected chi connectivity index (χ3v) is 10.0. The number of allylic oxidation sites excluding steroid dienone is 2. The second kappa shape index (κ2) is 9.86. The summed E-state index contributed by atoms with van der Waals surface area (Å²) in [7, 11) is -1.16. The van der Waals surface area contributed by atoms with E-state index >= 15 is 0 Å². The summed E-state index contributed by atoms with van der Waals surface area (Å²) in [5.74, 6) is -0.318. The van der Waals surface area contributed by atoms with E-state index in [0.29, 0.717) is 12.2 Å². The van der Waals surface area contributed by atoms with Crippen LogP contribution in [0.5, 0.6) is 0 Å². The van der Waals surface area contributed by atoms with E-state index in [-0.39, 0.29) is 11.0 Å². The maximum Gasteiger partial charge on any atom is 0.333 e. The first kappa shape index (κ1) is 22.9. The standard InChI is InChI=1S/C25H32O3Si/c1-20(17-18-21(2)24(26)27-6)19-28-29(25(3,4)5,22-13-9-7-10-14-22)23-15-11-8-12-16-23/h7-18H,19H2,1-6H3/b20-17-,21-18+. The lowest BCUT2D eigenvalue weighted by Crippen LogP contribution is -2.66. The molecule has 0 aliphatic heterocycles. The Labute approximate surface area is 176 Å². The zero-order chi connectivity index (χ0) is 21.5. The summed E-state index contributed by atoms with van der Waals surface area (Å²) < 4.78 is 11.6. The Morgan fingerprint density at radius 1 is 0.897 bits per heavy atom. The van der Waals surface area contributed by atoms with E-state index < -0.39 is 8.32 Å². The molecule has 3 nitrogen and oxygen atoms in total. The molecule has 0 saturated carbocycles. The van der Waals surface area contributed by atoms with E-state index in [1.165, 1.54) is 17.5 Å². The van der Waals surface area contributed by atoms with Gasteiger partial charge in [0.15, 0.2) is 0 Å². The average molecular weight is 409 g/mol. The fourth-order valence-electron chi connectivity index (χ4n) is 3.53. The molecule has 0 fully saturated rings. The van der Waals surface area contributed by atoms with E-state index in [9.17, 15) is 4.79 Å². The summed E-state index contributed by atoms with van der Waals surface area (Å²) >= 11 is 0. The van der Waals surface area contributed by atoms with Crippen molar-refractivity contribution >= 4 is 24.7 Å². The van der Waals surface area contributed by atoms with Gasteiger partial charge in [0.05, 0.1) is 13.7 Å². The van der Waals surface area contributed by atoms with E-state index in [1.54, 1.807) is 13.0 Å². The third kappa shape index (κ3) is 5.34. The number of esters is 1. The number of methoxy groups -OCH3 is 1. The normalized spacial score (nSPS) is 13.3. The van der Waals surface area contributed by atoms with Gasteiger partial charge in [-0.3, -0.25) is 0 Å². The Morgan fingerprint density at radius 3 is 1.79 bits per heavy atom. The minimum atomic E-state index is -2.55. The maximum absolute atomic E-state index is 11.6. The molecule has 0 radical (unpaired) electrons. The van der Waals surface area contributed by atoms with Gasteiger partial charge >= 0.3 is 5.97 Å². The van der Waals surface area contributed by atoms with Crippen molar-refractivity contribution in [3.63, 3.8) is 0 Å². The van der Waals surface area contributed by atoms with E-state index in [2.05, 4.69) is 69.3 Å². The van der Waals surface area contributed by atoms with Crippen LogP contribution < -0.4 is 10.4 Å². The Hall–Kier alpha value is -2.43. The molecule has 0 saturated heterocycles. The van der Waals surface area contributed by atoms with Crippen LogP contribution in [0.4, 0.5) is 0 Å². The molecule has 0 atom stereocenters. The lowest BCUT2D eigenvalue weighted by atomic mass is 10.2. The first-order chi connectivity index (χ1) is 13.7. The molecule has 2 rings (SSSR count). The van der Waals surface area contributed by atoms with Crippen molar-refractivity contribution in [2.24, 2.45) is 0 Å². The van der Waals surface area contributed by atoms with Crippen LogP contribution >= 0.6 is 0 Å². The van der Waals surface area contributed by atoms with E-state index in [4.69, 9.17) is 9.16 Å². The Bertz CT molecular complexity index is 822. The zero-order valence-electron chi connectivity index (χ0n) is 18.4. The molecular formula is C25H32O3Si. The molecule has 0 aliphatic rings. The first-order valence-electron chi connectivity index (χ1n) is 9.89. The van der Waals surface area contributed by atoms with Crippen LogP contribution in [0.1, 0.15) is 34.6 Å². The van der Waals surface area contributed by atoms with Crippen LogP contribution in [-0.2, 0) is 14.0 Å². The predicted molar refractivity (Wildman–Crippen MR) is 123 cm³/mol. The Morgan fingerprint density at radius 2 is 1.38 bits per heavy atom. The molecule has 2 aromatic carbocycles. The van der Waals surface area contributed by atoms with Gasteiger partial charge in [0.25, 0.3) is 8.32 Å². The smallest absolute Gasteiger partial charge is 0.333 e. The highest BCUT2D eigenvalue weighted by Crippen LogP contribution is 2.36. The topological polar surface area (TPSA) is 35.5 Å². The van der Waals surface area contributed by atoms with Gasteiger partial charge in [-0.25, -0.2) is 4.79 Å². The van der Waals surface area contributed by atoms with Crippen molar-refractivity contribution in [1.82, 2.24) is 0 Å². The molecule has 4 heteroatoms. The average Bonchev–Trinajstić information content (AvgIpc) is 2.72. The van der Waals surface area contributed by atoms with Crippen LogP contribution in [0.3, 0.4) is 0 Å². The van der Waals surface area contributed by atoms with Gasteiger partial charge in [-0.1, -0.05) is 93.6 Å². The molecular weight excluding hydrogens is 376 g/mol. The molecule has 0 spiro atoms. The van der Waals surface area contributed by atoms with Crippen molar-refractivity contribution in [2.75, 3.05) is 13.7 Å². The van der Waals surface area contributed by atoms with Gasteiger partial charge in [0.2, 0.25) is 0 Å². The summed E-state index contributed by atoms with van der Waals surface area (Å²) in [6.45, 7) is 11.1. The van der Waals surface area contributed by atoms with Gasteiger partial charge in [-0.05, 0) is 34.8 Å². The number of carbonyl (C=O) groups excluding carboxylic acids is 1. The molecule has 0 aromatic heterocycles. The minimum absolute atomic E-state index is 0.0617. The van der Waals surface area contributed by atoms with Crippen LogP contribution in [0.2, 0.25) is 5.04 Å². The van der Waals surface area contributed by atoms with Crippen molar-refractivity contribution in [3.8, 4) is 0 Å². The number of ether oxygens (including phenoxy) is 1. The molecule has 0 unspecified atom stereocenters. The summed E-state index contributed by atoms with van der Waals surface area (Å²) in [5.41, 5.74) is 1.62. The molecule has 29 heavy (non-hydrogen) atoms. The quantitative estimate of drug-likeness (QED) is 0.290. The van der Waals surface area contributed by atoms with Gasteiger partial charge < -0.3 is 9.16 Å². The van der Waals surface area contributed by atoms with Crippen molar-refractivity contribution < 1.29 is 14.0 Å². The second-order valence-electron chi connectivity index (χ2n) is 8.31. The zero-order valence-corrected chi connectivity index (χ0v) is 19.4. The predicted octanol–water partition coefficient (Wildman–Crippen LogP) is 4.63. The highest BCUT2D eigenvalue weighted by atomic mass is 28.4. The fraction of sp³-hybridized carbons (Fsp3) is 0.320. The fourth-order valence-corrected chi connectivity index (χ4v) is 8.13. The van der Waals surface area contributed by atoms with Crippen LogP contribution in [-0.4, -0.2) is 28.0 Å². The lowest BCUT2D eigenvalue weighted by Gasteiger charge is -2.43. The number of hydrogen-bond donors (Lipinski definition) is 0. The highest BCUT2D eigenvalue weighted by molar-refractivity contribution is 6.99. The summed E-state index contributed by atoms with van der Waals surface area (Å²) in [5, 5.41) is 2.45. The summed E-state index contributed by atoms with van der Waals surface area (Å²) in [6, 6.07) is 21.2. The molecule has 0 N–H and O–H groups in total. The second-order valence-corrected chi connectivity index (χ2v) is 12.6. The van der Waals surface area contributed by atoms with Crippen molar-refractivity contribution in [2.45, 2.75) is 39.7 Å². The Kier molecular flexibility index (Phi) is 7.77. The largest absolute Gasteiger partial charge is 0.466 e. The molecule has 2 aromatic rings. The van der Waals surface area contributed by atoms with E-state index in [1.807, 2.05) is 25.1 Å². The van der Waals surface area contributed by atoms with Gasteiger partial charge in [0.1, 0.15) is 0 Å². The van der Waals surface area contributed by atoms with Crippen molar-refractivity contribution in [3.05, 3.63) is 84.0 Å². The minimum Gasteiger partial charge on any atom is -0.466 e. The molecule has 154 valence electrons. The van der Waals surface area contributed by atoms with Crippen LogP contribution in [0.25, 0.3) is 0 Å². The third-order valence-electron chi connectivity index (χ3n) is 5.06. The van der Waals surface area contributed by atoms with Gasteiger partial charge in [-0.15, -0.1) is 0 Å². The molecule has 0 aliphatic carbocycles. The number of benzene rings is 2. The van der Waals surface area contributed by atoms with Crippen molar-refractivity contribution in [1.29, 1.82) is 0 Å². The summed E-state index contributed by atoms with van der Waals surface area (Å²) in [4.78, 5) is 11.6. The molecule has 0 bridgehead atoms. The van der Waals surface area contributed by atoms with E-state index in [0.717, 1.165) is 5.57 Å². The van der Waals surface area contributed by atoms with Gasteiger partial charge in [-0.2, -0.15) is 0 Å². The molecule has 0 heterocycles. The monoisotopic (exact) mass is 408 g/mol. The number of carbonyl (C=O) groups is 1. The Balaban J connectivity index is 2.45.